The van der Waals surface area contributed by atoms with Crippen LogP contribution in [0.15, 0.2) is 0 Å². The monoisotopic (exact) mass is 260 g/mol. The van der Waals surface area contributed by atoms with Gasteiger partial charge in [0.25, 0.3) is 0 Å². The predicted octanol–water partition coefficient (Wildman–Crippen LogP) is 0.332. The zero-order valence-electron chi connectivity index (χ0n) is 11.4. The van der Waals surface area contributed by atoms with Crippen molar-refractivity contribution in [3.05, 3.63) is 0 Å². The maximum Gasteiger partial charge on any atom is 0.410 e. The van der Waals surface area contributed by atoms with Crippen LogP contribution in [0.2, 0.25) is 0 Å². The molecule has 18 heavy (non-hydrogen) atoms. The van der Waals surface area contributed by atoms with Crippen LogP contribution in [0.25, 0.3) is 0 Å². The molecule has 106 valence electrons. The third kappa shape index (κ3) is 4.44. The van der Waals surface area contributed by atoms with Gasteiger partial charge in [0, 0.05) is 6.54 Å². The summed E-state index contributed by atoms with van der Waals surface area (Å²) in [7, 11) is 0. The molecule has 3 N–H and O–H groups in total. The number of ether oxygens (including phenoxy) is 2. The second kappa shape index (κ2) is 6.36. The Labute approximate surface area is 108 Å². The van der Waals surface area contributed by atoms with Gasteiger partial charge in [0.2, 0.25) is 0 Å². The van der Waals surface area contributed by atoms with Crippen LogP contribution in [0.3, 0.4) is 0 Å². The first-order valence-corrected chi connectivity index (χ1v) is 6.30. The highest BCUT2D eigenvalue weighted by Crippen LogP contribution is 2.17. The smallest absolute Gasteiger partial charge is 0.410 e. The largest absolute Gasteiger partial charge is 0.444 e. The van der Waals surface area contributed by atoms with E-state index in [1.54, 1.807) is 0 Å². The molecule has 1 saturated heterocycles. The first-order chi connectivity index (χ1) is 8.35. The van der Waals surface area contributed by atoms with Crippen LogP contribution in [-0.2, 0) is 9.47 Å². The minimum absolute atomic E-state index is 0.320. The molecule has 1 unspecified atom stereocenters. The van der Waals surface area contributed by atoms with E-state index in [0.29, 0.717) is 32.7 Å². The first kappa shape index (κ1) is 15.2. The number of aliphatic hydroxyl groups is 1. The van der Waals surface area contributed by atoms with Crippen LogP contribution in [0, 0.1) is 0 Å². The molecule has 0 radical (unpaired) electrons. The Morgan fingerprint density at radius 3 is 2.83 bits per heavy atom. The van der Waals surface area contributed by atoms with Crippen molar-refractivity contribution in [2.45, 2.75) is 44.9 Å². The van der Waals surface area contributed by atoms with Crippen molar-refractivity contribution in [2.24, 2.45) is 5.73 Å². The normalized spacial score (nSPS) is 22.7. The molecule has 0 spiro atoms. The van der Waals surface area contributed by atoms with E-state index >= 15 is 0 Å². The first-order valence-electron chi connectivity index (χ1n) is 6.30. The van der Waals surface area contributed by atoms with Crippen molar-refractivity contribution in [2.75, 3.05) is 26.3 Å². The van der Waals surface area contributed by atoms with E-state index in [1.165, 1.54) is 4.90 Å². The summed E-state index contributed by atoms with van der Waals surface area (Å²) in [6.45, 7) is 7.04. The number of aliphatic hydroxyl groups excluding tert-OH is 1. The molecule has 6 heteroatoms. The summed E-state index contributed by atoms with van der Waals surface area (Å²) >= 11 is 0. The Kier molecular flexibility index (Phi) is 5.37. The maximum atomic E-state index is 12.0. The number of carbonyl (C=O) groups is 1. The van der Waals surface area contributed by atoms with Gasteiger partial charge in [0.1, 0.15) is 5.60 Å². The quantitative estimate of drug-likeness (QED) is 0.764. The maximum absolute atomic E-state index is 12.0. The fraction of sp³-hybridized carbons (Fsp3) is 0.917. The highest BCUT2D eigenvalue weighted by molar-refractivity contribution is 5.68. The predicted molar refractivity (Wildman–Crippen MR) is 67.2 cm³/mol. The Morgan fingerprint density at radius 1 is 1.61 bits per heavy atom. The van der Waals surface area contributed by atoms with E-state index in [1.807, 2.05) is 20.8 Å². The minimum Gasteiger partial charge on any atom is -0.444 e. The van der Waals surface area contributed by atoms with Crippen molar-refractivity contribution >= 4 is 6.09 Å². The molecule has 2 atom stereocenters. The van der Waals surface area contributed by atoms with Crippen LogP contribution < -0.4 is 5.73 Å². The number of hydrogen-bond acceptors (Lipinski definition) is 5. The molecule has 0 aromatic heterocycles. The number of amides is 1. The molecular weight excluding hydrogens is 236 g/mol. The van der Waals surface area contributed by atoms with Gasteiger partial charge in [0.05, 0.1) is 25.4 Å². The van der Waals surface area contributed by atoms with Gasteiger partial charge in [-0.1, -0.05) is 0 Å². The third-order valence-corrected chi connectivity index (χ3v) is 2.70. The van der Waals surface area contributed by atoms with Crippen LogP contribution in [0.4, 0.5) is 4.79 Å². The molecule has 1 fully saturated rings. The average Bonchev–Trinajstić information content (AvgIpc) is 2.27. The third-order valence-electron chi connectivity index (χ3n) is 2.70. The molecular formula is C12H24N2O4. The van der Waals surface area contributed by atoms with Crippen molar-refractivity contribution < 1.29 is 19.4 Å². The van der Waals surface area contributed by atoms with E-state index in [-0.39, 0.29) is 6.04 Å². The SMILES string of the molecule is CC(C)(C)OC(=O)N1CCOCC1[C@H](O)CCN. The van der Waals surface area contributed by atoms with Crippen LogP contribution in [0.1, 0.15) is 27.2 Å². The Morgan fingerprint density at radius 2 is 2.28 bits per heavy atom. The molecule has 6 nitrogen and oxygen atoms in total. The number of morpholine rings is 1. The number of hydrogen-bond donors (Lipinski definition) is 2. The van der Waals surface area contributed by atoms with Crippen LogP contribution in [0.5, 0.6) is 0 Å². The lowest BCUT2D eigenvalue weighted by Crippen LogP contribution is -2.55. The Balaban J connectivity index is 2.67. The summed E-state index contributed by atoms with van der Waals surface area (Å²) in [5.41, 5.74) is 4.88. The van der Waals surface area contributed by atoms with Gasteiger partial charge in [0.15, 0.2) is 0 Å². The summed E-state index contributed by atoms with van der Waals surface area (Å²) in [4.78, 5) is 13.6. The van der Waals surface area contributed by atoms with Gasteiger partial charge < -0.3 is 20.3 Å². The topological polar surface area (TPSA) is 85.0 Å². The minimum atomic E-state index is -0.678. The second-order valence-corrected chi connectivity index (χ2v) is 5.46. The lowest BCUT2D eigenvalue weighted by Gasteiger charge is -2.38. The molecule has 1 heterocycles. The highest BCUT2D eigenvalue weighted by atomic mass is 16.6. The second-order valence-electron chi connectivity index (χ2n) is 5.46. The zero-order chi connectivity index (χ0) is 13.8. The van der Waals surface area contributed by atoms with E-state index in [4.69, 9.17) is 15.2 Å². The summed E-state index contributed by atoms with van der Waals surface area (Å²) in [5, 5.41) is 9.98. The van der Waals surface area contributed by atoms with Gasteiger partial charge in [-0.15, -0.1) is 0 Å². The van der Waals surface area contributed by atoms with E-state index in [2.05, 4.69) is 0 Å². The molecule has 1 amide bonds. The fourth-order valence-electron chi connectivity index (χ4n) is 1.85. The van der Waals surface area contributed by atoms with E-state index in [0.717, 1.165) is 0 Å². The van der Waals surface area contributed by atoms with Crippen molar-refractivity contribution in [1.29, 1.82) is 0 Å². The fourth-order valence-corrected chi connectivity index (χ4v) is 1.85. The van der Waals surface area contributed by atoms with E-state index in [9.17, 15) is 9.90 Å². The zero-order valence-corrected chi connectivity index (χ0v) is 11.4. The van der Waals surface area contributed by atoms with Gasteiger partial charge in [-0.3, -0.25) is 4.90 Å². The highest BCUT2D eigenvalue weighted by Gasteiger charge is 2.34. The van der Waals surface area contributed by atoms with Crippen LogP contribution in [-0.4, -0.2) is 60.1 Å². The summed E-state index contributed by atoms with van der Waals surface area (Å²) in [6, 6.07) is -0.378. The molecule has 0 aromatic rings. The lowest BCUT2D eigenvalue weighted by molar-refractivity contribution is -0.0672. The lowest BCUT2D eigenvalue weighted by atomic mass is 10.1. The van der Waals surface area contributed by atoms with Crippen molar-refractivity contribution in [3.63, 3.8) is 0 Å². The van der Waals surface area contributed by atoms with Gasteiger partial charge in [-0.05, 0) is 33.7 Å². The molecule has 0 bridgehead atoms. The van der Waals surface area contributed by atoms with Gasteiger partial charge in [-0.25, -0.2) is 4.79 Å². The van der Waals surface area contributed by atoms with Gasteiger partial charge >= 0.3 is 6.09 Å². The summed E-state index contributed by atoms with van der Waals surface area (Å²) in [6.07, 6.45) is -0.650. The standard InChI is InChI=1S/C12H24N2O4/c1-12(2,3)18-11(16)14-6-7-17-8-9(14)10(15)4-5-13/h9-10,15H,4-8,13H2,1-3H3/t9?,10-/m1/s1. The Bertz CT molecular complexity index is 278. The molecule has 1 aliphatic rings. The number of nitrogens with two attached hydrogens (primary N) is 1. The number of nitrogens with zero attached hydrogens (tertiary/aromatic N) is 1. The van der Waals surface area contributed by atoms with E-state index < -0.39 is 17.8 Å². The number of rotatable bonds is 3. The summed E-state index contributed by atoms with van der Waals surface area (Å²) < 4.78 is 10.6. The average molecular weight is 260 g/mol. The molecule has 1 aliphatic heterocycles. The van der Waals surface area contributed by atoms with Gasteiger partial charge in [-0.2, -0.15) is 0 Å². The van der Waals surface area contributed by atoms with Crippen LogP contribution >= 0.6 is 0 Å². The molecule has 0 saturated carbocycles. The Hall–Kier alpha value is -0.850. The summed E-state index contributed by atoms with van der Waals surface area (Å²) in [5.74, 6) is 0. The number of carbonyl (C=O) groups excluding carboxylic acids is 1. The molecule has 0 aliphatic carbocycles. The molecule has 0 aromatic carbocycles. The van der Waals surface area contributed by atoms with Crippen molar-refractivity contribution in [1.82, 2.24) is 4.90 Å². The molecule has 1 rings (SSSR count). The van der Waals surface area contributed by atoms with Crippen molar-refractivity contribution in [3.8, 4) is 0 Å².